The molecule has 1 atom stereocenters. The summed E-state index contributed by atoms with van der Waals surface area (Å²) < 4.78 is 5.15. The third-order valence-corrected chi connectivity index (χ3v) is 3.99. The van der Waals surface area contributed by atoms with Crippen molar-refractivity contribution in [2.75, 3.05) is 12.2 Å². The van der Waals surface area contributed by atoms with Crippen LogP contribution in [0.4, 0.5) is 10.5 Å². The maximum atomic E-state index is 12.8. The van der Waals surface area contributed by atoms with Crippen molar-refractivity contribution in [2.24, 2.45) is 0 Å². The Morgan fingerprint density at radius 1 is 1.07 bits per heavy atom. The highest BCUT2D eigenvalue weighted by Gasteiger charge is 2.26. The molecular weight excluding hydrogens is 360 g/mol. The Kier molecular flexibility index (Phi) is 6.13. The number of ether oxygens (including phenoxy) is 1. The van der Waals surface area contributed by atoms with Crippen LogP contribution in [0, 0.1) is 0 Å². The van der Waals surface area contributed by atoms with Gasteiger partial charge in [0.1, 0.15) is 23.9 Å². The summed E-state index contributed by atoms with van der Waals surface area (Å²) >= 11 is 0. The molecular formula is C20H20N4O4. The van der Waals surface area contributed by atoms with Crippen LogP contribution in [0.1, 0.15) is 12.5 Å². The minimum atomic E-state index is -0.879. The number of fused-ring (bicyclic) bond motifs is 1. The number of carbonyl (C=O) groups is 2. The minimum absolute atomic E-state index is 0.112. The van der Waals surface area contributed by atoms with Gasteiger partial charge in [0.15, 0.2) is 0 Å². The number of benzene rings is 1. The Morgan fingerprint density at radius 3 is 2.61 bits per heavy atom. The molecule has 0 radical (unpaired) electrons. The van der Waals surface area contributed by atoms with Crippen molar-refractivity contribution < 1.29 is 19.2 Å². The number of nitrogens with zero attached hydrogens (tertiary/aromatic N) is 3. The molecule has 1 N–H and O–H groups in total. The lowest BCUT2D eigenvalue weighted by atomic mass is 10.2. The zero-order valence-corrected chi connectivity index (χ0v) is 15.5. The molecule has 8 nitrogen and oxygen atoms in total. The molecule has 0 aliphatic carbocycles. The number of hydrogen-bond donors (Lipinski definition) is 1. The molecule has 2 amide bonds. The second-order valence-electron chi connectivity index (χ2n) is 5.94. The second kappa shape index (κ2) is 8.92. The van der Waals surface area contributed by atoms with E-state index in [0.717, 1.165) is 10.6 Å². The van der Waals surface area contributed by atoms with E-state index >= 15 is 0 Å². The number of carbonyl (C=O) groups excluding carboxylic acids is 2. The number of aromatic nitrogens is 2. The highest BCUT2D eigenvalue weighted by Crippen LogP contribution is 2.23. The lowest BCUT2D eigenvalue weighted by Crippen LogP contribution is -2.47. The average molecular weight is 380 g/mol. The fourth-order valence-electron chi connectivity index (χ4n) is 2.62. The quantitative estimate of drug-likeness (QED) is 0.661. The van der Waals surface area contributed by atoms with Crippen LogP contribution in [-0.2, 0) is 21.0 Å². The zero-order chi connectivity index (χ0) is 19.9. The van der Waals surface area contributed by atoms with Crippen LogP contribution in [0.5, 0.6) is 0 Å². The monoisotopic (exact) mass is 380 g/mol. The molecule has 8 heteroatoms. The Bertz CT molecular complexity index is 959. The van der Waals surface area contributed by atoms with Gasteiger partial charge in [0, 0.05) is 12.4 Å². The van der Waals surface area contributed by atoms with Crippen molar-refractivity contribution in [3.8, 4) is 0 Å². The molecule has 0 saturated carbocycles. The van der Waals surface area contributed by atoms with Crippen molar-refractivity contribution in [1.82, 2.24) is 15.3 Å². The van der Waals surface area contributed by atoms with E-state index in [1.807, 2.05) is 30.3 Å². The van der Waals surface area contributed by atoms with Crippen LogP contribution in [0.2, 0.25) is 0 Å². The molecule has 144 valence electrons. The molecule has 0 aliphatic heterocycles. The molecule has 0 aliphatic rings. The molecule has 2 heterocycles. The van der Waals surface area contributed by atoms with Crippen molar-refractivity contribution in [1.29, 1.82) is 0 Å². The van der Waals surface area contributed by atoms with E-state index in [2.05, 4.69) is 15.3 Å². The molecule has 0 fully saturated rings. The van der Waals surface area contributed by atoms with Crippen LogP contribution in [0.15, 0.2) is 60.9 Å². The fourth-order valence-corrected chi connectivity index (χ4v) is 2.62. The van der Waals surface area contributed by atoms with E-state index < -0.39 is 18.0 Å². The van der Waals surface area contributed by atoms with E-state index in [0.29, 0.717) is 16.7 Å². The van der Waals surface area contributed by atoms with E-state index in [1.165, 1.54) is 7.11 Å². The summed E-state index contributed by atoms with van der Waals surface area (Å²) in [5.74, 6) is -0.475. The Labute approximate surface area is 162 Å². The SMILES string of the molecule is CON(C(=O)[C@H](C)NC(=O)OCc1ccccc1)c1ccnc2cccnc12. The summed E-state index contributed by atoms with van der Waals surface area (Å²) in [4.78, 5) is 38.6. The van der Waals surface area contributed by atoms with Gasteiger partial charge in [0.05, 0.1) is 12.6 Å². The van der Waals surface area contributed by atoms with Gasteiger partial charge < -0.3 is 10.1 Å². The molecule has 0 bridgehead atoms. The summed E-state index contributed by atoms with van der Waals surface area (Å²) in [5.41, 5.74) is 2.42. The largest absolute Gasteiger partial charge is 0.445 e. The number of nitrogens with one attached hydrogen (secondary N) is 1. The highest BCUT2D eigenvalue weighted by molar-refractivity contribution is 6.02. The van der Waals surface area contributed by atoms with Gasteiger partial charge in [-0.3, -0.25) is 19.6 Å². The topological polar surface area (TPSA) is 93.7 Å². The fraction of sp³-hybridized carbons (Fsp3) is 0.200. The lowest BCUT2D eigenvalue weighted by molar-refractivity contribution is -0.126. The second-order valence-corrected chi connectivity index (χ2v) is 5.94. The zero-order valence-electron chi connectivity index (χ0n) is 15.5. The van der Waals surface area contributed by atoms with E-state index in [4.69, 9.17) is 9.57 Å². The van der Waals surface area contributed by atoms with Crippen LogP contribution in [0.25, 0.3) is 11.0 Å². The highest BCUT2D eigenvalue weighted by atomic mass is 16.7. The van der Waals surface area contributed by atoms with Crippen LogP contribution < -0.4 is 10.4 Å². The molecule has 28 heavy (non-hydrogen) atoms. The summed E-state index contributed by atoms with van der Waals surface area (Å²) in [5, 5.41) is 3.60. The van der Waals surface area contributed by atoms with Crippen molar-refractivity contribution >= 4 is 28.7 Å². The predicted octanol–water partition coefficient (Wildman–Crippen LogP) is 2.84. The number of pyridine rings is 2. The van der Waals surface area contributed by atoms with Gasteiger partial charge in [0.25, 0.3) is 5.91 Å². The van der Waals surface area contributed by atoms with Gasteiger partial charge >= 0.3 is 6.09 Å². The first-order chi connectivity index (χ1) is 13.6. The van der Waals surface area contributed by atoms with Crippen molar-refractivity contribution in [2.45, 2.75) is 19.6 Å². The van der Waals surface area contributed by atoms with Crippen molar-refractivity contribution in [3.05, 3.63) is 66.5 Å². The van der Waals surface area contributed by atoms with Crippen LogP contribution in [0.3, 0.4) is 0 Å². The van der Waals surface area contributed by atoms with Gasteiger partial charge in [-0.15, -0.1) is 0 Å². The predicted molar refractivity (Wildman–Crippen MR) is 103 cm³/mol. The minimum Gasteiger partial charge on any atom is -0.445 e. The van der Waals surface area contributed by atoms with Crippen LogP contribution in [-0.4, -0.2) is 35.1 Å². The first kappa shape index (κ1) is 19.2. The van der Waals surface area contributed by atoms with Gasteiger partial charge in [-0.1, -0.05) is 30.3 Å². The average Bonchev–Trinajstić information content (AvgIpc) is 2.73. The number of alkyl carbamates (subject to hydrolysis) is 1. The van der Waals surface area contributed by atoms with E-state index in [1.54, 1.807) is 37.5 Å². The third-order valence-electron chi connectivity index (χ3n) is 3.99. The molecule has 0 spiro atoms. The first-order valence-corrected chi connectivity index (χ1v) is 8.65. The smallest absolute Gasteiger partial charge is 0.408 e. The van der Waals surface area contributed by atoms with E-state index in [-0.39, 0.29) is 6.61 Å². The number of rotatable bonds is 6. The standard InChI is InChI=1S/C20H20N4O4/c1-14(23-20(26)28-13-15-7-4-3-5-8-15)19(25)24(27-2)17-10-12-21-16-9-6-11-22-18(16)17/h3-12,14H,13H2,1-2H3,(H,23,26)/t14-/m0/s1. The third kappa shape index (κ3) is 4.41. The molecule has 1 aromatic carbocycles. The Morgan fingerprint density at radius 2 is 1.86 bits per heavy atom. The number of hydroxylamine groups is 1. The van der Waals surface area contributed by atoms with Crippen molar-refractivity contribution in [3.63, 3.8) is 0 Å². The van der Waals surface area contributed by atoms with Crippen LogP contribution >= 0.6 is 0 Å². The molecule has 3 rings (SSSR count). The number of anilines is 1. The summed E-state index contributed by atoms with van der Waals surface area (Å²) in [7, 11) is 1.37. The Balaban J connectivity index is 1.67. The summed E-state index contributed by atoms with van der Waals surface area (Å²) in [6, 6.07) is 13.6. The normalized spacial score (nSPS) is 11.6. The maximum Gasteiger partial charge on any atom is 0.408 e. The van der Waals surface area contributed by atoms with Gasteiger partial charge in [0.2, 0.25) is 0 Å². The van der Waals surface area contributed by atoms with Gasteiger partial charge in [-0.25, -0.2) is 4.79 Å². The molecule has 2 aromatic heterocycles. The molecule has 3 aromatic rings. The number of amides is 2. The Hall–Kier alpha value is -3.52. The van der Waals surface area contributed by atoms with E-state index in [9.17, 15) is 9.59 Å². The maximum absolute atomic E-state index is 12.8. The molecule has 0 unspecified atom stereocenters. The number of hydrogen-bond acceptors (Lipinski definition) is 6. The lowest BCUT2D eigenvalue weighted by Gasteiger charge is -2.24. The molecule has 0 saturated heterocycles. The van der Waals surface area contributed by atoms with Gasteiger partial charge in [-0.05, 0) is 30.7 Å². The summed E-state index contributed by atoms with van der Waals surface area (Å²) in [6.07, 6.45) is 2.47. The van der Waals surface area contributed by atoms with Gasteiger partial charge in [-0.2, -0.15) is 5.06 Å². The first-order valence-electron chi connectivity index (χ1n) is 8.65. The summed E-state index contributed by atoms with van der Waals surface area (Å²) in [6.45, 7) is 1.66.